The molecule has 2 N–H and O–H groups in total. The van der Waals surface area contributed by atoms with Gasteiger partial charge >= 0.3 is 6.03 Å². The van der Waals surface area contributed by atoms with Crippen LogP contribution in [0.5, 0.6) is 0 Å². The maximum absolute atomic E-state index is 11.9. The number of urea groups is 1. The topological polar surface area (TPSA) is 92.2 Å². The van der Waals surface area contributed by atoms with E-state index in [1.807, 2.05) is 0 Å². The first-order valence-electron chi connectivity index (χ1n) is 6.57. The van der Waals surface area contributed by atoms with E-state index in [2.05, 4.69) is 41.7 Å². The summed E-state index contributed by atoms with van der Waals surface area (Å²) in [6.45, 7) is 7.71. The lowest BCUT2D eigenvalue weighted by atomic mass is 10.1. The largest absolute Gasteiger partial charge is 0.336 e. The highest BCUT2D eigenvalue weighted by Gasteiger charge is 2.26. The maximum atomic E-state index is 11.9. The molecule has 2 rings (SSSR count). The Kier molecular flexibility index (Phi) is 4.03. The number of aromatic nitrogens is 3. The molecule has 1 saturated heterocycles. The lowest BCUT2D eigenvalue weighted by molar-refractivity contribution is -0.128. The molecule has 1 aromatic rings. The van der Waals surface area contributed by atoms with E-state index in [-0.39, 0.29) is 24.0 Å². The van der Waals surface area contributed by atoms with E-state index < -0.39 is 0 Å². The van der Waals surface area contributed by atoms with Gasteiger partial charge < -0.3 is 10.6 Å². The zero-order valence-corrected chi connectivity index (χ0v) is 12.0. The fraction of sp³-hybridized carbons (Fsp3) is 0.667. The summed E-state index contributed by atoms with van der Waals surface area (Å²) in [7, 11) is 0. The van der Waals surface area contributed by atoms with Crippen molar-refractivity contribution in [3.05, 3.63) is 11.9 Å². The predicted molar refractivity (Wildman–Crippen MR) is 71.7 cm³/mol. The molecule has 1 fully saturated rings. The van der Waals surface area contributed by atoms with Crippen LogP contribution in [0.15, 0.2) is 6.20 Å². The number of rotatable bonds is 4. The summed E-state index contributed by atoms with van der Waals surface area (Å²) in [4.78, 5) is 24.5. The van der Waals surface area contributed by atoms with Crippen LogP contribution in [-0.2, 0) is 17.9 Å². The Hall–Kier alpha value is -1.96. The number of carbonyl (C=O) groups is 2. The number of amides is 3. The van der Waals surface area contributed by atoms with Crippen molar-refractivity contribution in [2.24, 2.45) is 0 Å². The first-order valence-corrected chi connectivity index (χ1v) is 6.57. The summed E-state index contributed by atoms with van der Waals surface area (Å²) < 4.78 is 1.45. The van der Waals surface area contributed by atoms with E-state index in [1.165, 1.54) is 9.58 Å². The molecule has 1 aliphatic rings. The van der Waals surface area contributed by atoms with Crippen LogP contribution in [0.4, 0.5) is 4.79 Å². The van der Waals surface area contributed by atoms with Gasteiger partial charge in [-0.1, -0.05) is 5.21 Å². The molecule has 3 amide bonds. The van der Waals surface area contributed by atoms with Gasteiger partial charge in [0.2, 0.25) is 0 Å². The quantitative estimate of drug-likeness (QED) is 0.791. The second-order valence-corrected chi connectivity index (χ2v) is 5.79. The van der Waals surface area contributed by atoms with Gasteiger partial charge in [-0.05, 0) is 20.8 Å². The van der Waals surface area contributed by atoms with Crippen molar-refractivity contribution in [3.63, 3.8) is 0 Å². The summed E-state index contributed by atoms with van der Waals surface area (Å²) in [6.07, 6.45) is 1.71. The molecule has 0 atom stereocenters. The van der Waals surface area contributed by atoms with Gasteiger partial charge in [-0.2, -0.15) is 0 Å². The second kappa shape index (κ2) is 5.58. The van der Waals surface area contributed by atoms with Gasteiger partial charge in [-0.15, -0.1) is 5.10 Å². The number of carbonyl (C=O) groups excluding carboxylic acids is 2. The summed E-state index contributed by atoms with van der Waals surface area (Å²) >= 11 is 0. The van der Waals surface area contributed by atoms with Gasteiger partial charge in [0, 0.05) is 25.2 Å². The third-order valence-corrected chi connectivity index (χ3v) is 2.84. The zero-order valence-electron chi connectivity index (χ0n) is 12.0. The van der Waals surface area contributed by atoms with Crippen LogP contribution in [0.1, 0.15) is 26.5 Å². The van der Waals surface area contributed by atoms with Gasteiger partial charge in [-0.25, -0.2) is 9.48 Å². The minimum atomic E-state index is -0.343. The molecule has 0 aliphatic carbocycles. The van der Waals surface area contributed by atoms with E-state index in [4.69, 9.17) is 0 Å². The van der Waals surface area contributed by atoms with E-state index in [1.54, 1.807) is 6.20 Å². The van der Waals surface area contributed by atoms with Crippen LogP contribution >= 0.6 is 0 Å². The smallest absolute Gasteiger partial charge is 0.324 e. The van der Waals surface area contributed by atoms with Gasteiger partial charge in [0.1, 0.15) is 6.54 Å². The molecule has 0 unspecified atom stereocenters. The number of imide groups is 1. The molecule has 110 valence electrons. The van der Waals surface area contributed by atoms with Gasteiger partial charge in [0.15, 0.2) is 0 Å². The third-order valence-electron chi connectivity index (χ3n) is 2.84. The van der Waals surface area contributed by atoms with Crippen molar-refractivity contribution in [2.75, 3.05) is 13.1 Å². The summed E-state index contributed by atoms with van der Waals surface area (Å²) in [5.74, 6) is -0.278. The zero-order chi connectivity index (χ0) is 14.8. The average Bonchev–Trinajstić information content (AvgIpc) is 2.94. The van der Waals surface area contributed by atoms with E-state index in [9.17, 15) is 9.59 Å². The number of hydrogen-bond donors (Lipinski definition) is 2. The Balaban J connectivity index is 1.89. The van der Waals surface area contributed by atoms with Gasteiger partial charge in [-0.3, -0.25) is 9.69 Å². The van der Waals surface area contributed by atoms with Crippen LogP contribution in [0.3, 0.4) is 0 Å². The first-order chi connectivity index (χ1) is 9.35. The Labute approximate surface area is 117 Å². The monoisotopic (exact) mass is 280 g/mol. The van der Waals surface area contributed by atoms with Crippen LogP contribution in [0.25, 0.3) is 0 Å². The number of nitrogens with zero attached hydrogens (tertiary/aromatic N) is 4. The number of hydrogen-bond acceptors (Lipinski definition) is 5. The molecular formula is C12H20N6O2. The van der Waals surface area contributed by atoms with Gasteiger partial charge in [0.05, 0.1) is 11.9 Å². The second-order valence-electron chi connectivity index (χ2n) is 5.79. The molecule has 20 heavy (non-hydrogen) atoms. The lowest BCUT2D eigenvalue weighted by Gasteiger charge is -2.19. The van der Waals surface area contributed by atoms with Gasteiger partial charge in [0.25, 0.3) is 5.91 Å². The number of nitrogens with one attached hydrogen (secondary N) is 2. The molecule has 1 aromatic heterocycles. The van der Waals surface area contributed by atoms with Crippen molar-refractivity contribution in [1.29, 1.82) is 0 Å². The average molecular weight is 280 g/mol. The summed E-state index contributed by atoms with van der Waals surface area (Å²) in [5.41, 5.74) is 0.756. The fourth-order valence-electron chi connectivity index (χ4n) is 1.79. The van der Waals surface area contributed by atoms with Crippen molar-refractivity contribution in [3.8, 4) is 0 Å². The first kappa shape index (κ1) is 14.4. The lowest BCUT2D eigenvalue weighted by Crippen LogP contribution is -2.36. The summed E-state index contributed by atoms with van der Waals surface area (Å²) in [6, 6.07) is -0.343. The van der Waals surface area contributed by atoms with Crippen molar-refractivity contribution < 1.29 is 9.59 Å². The highest BCUT2D eigenvalue weighted by Crippen LogP contribution is 2.03. The predicted octanol–water partition coefficient (Wildman–Crippen LogP) is -0.282. The highest BCUT2D eigenvalue weighted by atomic mass is 16.2. The summed E-state index contributed by atoms with van der Waals surface area (Å²) in [5, 5.41) is 13.8. The molecule has 0 spiro atoms. The fourth-order valence-corrected chi connectivity index (χ4v) is 1.79. The maximum Gasteiger partial charge on any atom is 0.324 e. The Morgan fingerprint density at radius 3 is 2.85 bits per heavy atom. The Morgan fingerprint density at radius 2 is 2.25 bits per heavy atom. The molecule has 0 saturated carbocycles. The molecule has 0 aromatic carbocycles. The molecule has 0 radical (unpaired) electrons. The van der Waals surface area contributed by atoms with Crippen molar-refractivity contribution in [2.45, 2.75) is 39.4 Å². The van der Waals surface area contributed by atoms with E-state index in [0.29, 0.717) is 19.6 Å². The van der Waals surface area contributed by atoms with E-state index >= 15 is 0 Å². The molecule has 8 heteroatoms. The van der Waals surface area contributed by atoms with Crippen molar-refractivity contribution in [1.82, 2.24) is 30.5 Å². The molecule has 8 nitrogen and oxygen atoms in total. The Bertz CT molecular complexity index is 504. The van der Waals surface area contributed by atoms with Crippen LogP contribution in [0.2, 0.25) is 0 Å². The molecular weight excluding hydrogens is 260 g/mol. The molecule has 2 heterocycles. The standard InChI is InChI=1S/C12H20N6O2/c1-12(2,3)14-6-9-7-17(16-15-9)8-10(19)18-5-4-13-11(18)20/h7,14H,4-6,8H2,1-3H3,(H,13,20). The molecule has 1 aliphatic heterocycles. The van der Waals surface area contributed by atoms with Crippen LogP contribution in [0, 0.1) is 0 Å². The minimum absolute atomic E-state index is 0.00671. The van der Waals surface area contributed by atoms with Crippen LogP contribution in [-0.4, -0.2) is 50.5 Å². The van der Waals surface area contributed by atoms with E-state index in [0.717, 1.165) is 5.69 Å². The van der Waals surface area contributed by atoms with Crippen molar-refractivity contribution >= 4 is 11.9 Å². The normalized spacial score (nSPS) is 15.6. The third kappa shape index (κ3) is 3.77. The highest BCUT2D eigenvalue weighted by molar-refractivity contribution is 5.95. The SMILES string of the molecule is CC(C)(C)NCc1cn(CC(=O)N2CCNC2=O)nn1. The minimum Gasteiger partial charge on any atom is -0.336 e. The Morgan fingerprint density at radius 1 is 1.50 bits per heavy atom. The van der Waals surface area contributed by atoms with Crippen LogP contribution < -0.4 is 10.6 Å². The molecule has 0 bridgehead atoms.